The standard InChI is InChI=1S/C9H17NO4/c1-4-10(6-7-14-5-2)8(11)9(12)13-3/h4-7H2,1-3H3. The first-order chi connectivity index (χ1) is 6.67. The van der Waals surface area contributed by atoms with Crippen molar-refractivity contribution in [3.63, 3.8) is 0 Å². The van der Waals surface area contributed by atoms with Crippen LogP contribution in [0.2, 0.25) is 0 Å². The normalized spacial score (nSPS) is 9.64. The van der Waals surface area contributed by atoms with Crippen molar-refractivity contribution >= 4 is 11.9 Å². The van der Waals surface area contributed by atoms with Gasteiger partial charge in [0.2, 0.25) is 0 Å². The van der Waals surface area contributed by atoms with E-state index in [9.17, 15) is 9.59 Å². The molecule has 0 unspecified atom stereocenters. The Morgan fingerprint density at radius 2 is 1.93 bits per heavy atom. The van der Waals surface area contributed by atoms with E-state index in [-0.39, 0.29) is 0 Å². The maximum absolute atomic E-state index is 11.3. The largest absolute Gasteiger partial charge is 0.462 e. The van der Waals surface area contributed by atoms with Crippen LogP contribution in [0.5, 0.6) is 0 Å². The molecule has 0 radical (unpaired) electrons. The molecule has 0 N–H and O–H groups in total. The van der Waals surface area contributed by atoms with Crippen molar-refractivity contribution in [3.8, 4) is 0 Å². The Morgan fingerprint density at radius 1 is 1.29 bits per heavy atom. The molecule has 1 amide bonds. The van der Waals surface area contributed by atoms with Gasteiger partial charge in [-0.15, -0.1) is 0 Å². The van der Waals surface area contributed by atoms with Crippen molar-refractivity contribution in [2.45, 2.75) is 13.8 Å². The number of amides is 1. The van der Waals surface area contributed by atoms with E-state index in [2.05, 4.69) is 4.74 Å². The fourth-order valence-electron chi connectivity index (χ4n) is 0.939. The lowest BCUT2D eigenvalue weighted by Crippen LogP contribution is -2.39. The molecule has 0 aromatic rings. The fourth-order valence-corrected chi connectivity index (χ4v) is 0.939. The Balaban J connectivity index is 3.99. The predicted molar refractivity (Wildman–Crippen MR) is 50.8 cm³/mol. The summed E-state index contributed by atoms with van der Waals surface area (Å²) in [5, 5.41) is 0. The number of rotatable bonds is 5. The van der Waals surface area contributed by atoms with Crippen LogP contribution >= 0.6 is 0 Å². The minimum Gasteiger partial charge on any atom is -0.462 e. The van der Waals surface area contributed by atoms with E-state index < -0.39 is 11.9 Å². The summed E-state index contributed by atoms with van der Waals surface area (Å²) in [6, 6.07) is 0. The lowest BCUT2D eigenvalue weighted by molar-refractivity contribution is -0.158. The summed E-state index contributed by atoms with van der Waals surface area (Å²) in [7, 11) is 1.19. The van der Waals surface area contributed by atoms with Gasteiger partial charge in [0.1, 0.15) is 0 Å². The van der Waals surface area contributed by atoms with Crippen molar-refractivity contribution in [2.75, 3.05) is 33.4 Å². The molecular formula is C9H17NO4. The van der Waals surface area contributed by atoms with Crippen LogP contribution in [0.4, 0.5) is 0 Å². The number of hydrogen-bond acceptors (Lipinski definition) is 4. The summed E-state index contributed by atoms with van der Waals surface area (Å²) in [5.41, 5.74) is 0. The minimum atomic E-state index is -0.830. The van der Waals surface area contributed by atoms with E-state index in [1.54, 1.807) is 6.92 Å². The highest BCUT2D eigenvalue weighted by Crippen LogP contribution is 1.92. The minimum absolute atomic E-state index is 0.415. The van der Waals surface area contributed by atoms with Gasteiger partial charge in [0, 0.05) is 19.7 Å². The third kappa shape index (κ3) is 4.23. The van der Waals surface area contributed by atoms with E-state index in [4.69, 9.17) is 4.74 Å². The number of carbonyl (C=O) groups is 2. The van der Waals surface area contributed by atoms with Crippen molar-refractivity contribution in [1.82, 2.24) is 4.90 Å². The van der Waals surface area contributed by atoms with Gasteiger partial charge in [0.15, 0.2) is 0 Å². The van der Waals surface area contributed by atoms with Gasteiger partial charge in [-0.1, -0.05) is 0 Å². The molecule has 5 heteroatoms. The molecule has 0 bridgehead atoms. The first kappa shape index (κ1) is 12.9. The van der Waals surface area contributed by atoms with Crippen LogP contribution in [-0.4, -0.2) is 50.2 Å². The monoisotopic (exact) mass is 203 g/mol. The second kappa shape index (κ2) is 7.32. The lowest BCUT2D eigenvalue weighted by atomic mass is 10.4. The second-order valence-electron chi connectivity index (χ2n) is 2.57. The molecule has 0 aliphatic carbocycles. The topological polar surface area (TPSA) is 55.8 Å². The molecule has 0 aromatic heterocycles. The van der Waals surface area contributed by atoms with Crippen LogP contribution in [0, 0.1) is 0 Å². The highest BCUT2D eigenvalue weighted by molar-refractivity contribution is 6.32. The van der Waals surface area contributed by atoms with Gasteiger partial charge < -0.3 is 14.4 Å². The Morgan fingerprint density at radius 3 is 2.36 bits per heavy atom. The van der Waals surface area contributed by atoms with Crippen molar-refractivity contribution in [2.24, 2.45) is 0 Å². The molecule has 5 nitrogen and oxygen atoms in total. The molecule has 0 saturated heterocycles. The van der Waals surface area contributed by atoms with E-state index in [1.165, 1.54) is 12.0 Å². The van der Waals surface area contributed by atoms with Crippen molar-refractivity contribution in [3.05, 3.63) is 0 Å². The Labute approximate surface area is 84.0 Å². The fraction of sp³-hybridized carbons (Fsp3) is 0.778. The van der Waals surface area contributed by atoms with Gasteiger partial charge in [-0.25, -0.2) is 4.79 Å². The summed E-state index contributed by atoms with van der Waals surface area (Å²) >= 11 is 0. The Kier molecular flexibility index (Phi) is 6.74. The third-order valence-corrected chi connectivity index (χ3v) is 1.74. The quantitative estimate of drug-likeness (QED) is 0.360. The summed E-state index contributed by atoms with van der Waals surface area (Å²) in [6.07, 6.45) is 0. The number of esters is 1. The SMILES string of the molecule is CCOCCN(CC)C(=O)C(=O)OC. The average molecular weight is 203 g/mol. The molecule has 0 spiro atoms. The summed E-state index contributed by atoms with van der Waals surface area (Å²) in [5.74, 6) is -1.45. The number of likely N-dealkylation sites (N-methyl/N-ethyl adjacent to an activating group) is 1. The number of methoxy groups -OCH3 is 1. The van der Waals surface area contributed by atoms with Crippen LogP contribution in [0.15, 0.2) is 0 Å². The maximum Gasteiger partial charge on any atom is 0.396 e. The van der Waals surface area contributed by atoms with Crippen LogP contribution in [0.25, 0.3) is 0 Å². The highest BCUT2D eigenvalue weighted by Gasteiger charge is 2.20. The van der Waals surface area contributed by atoms with Gasteiger partial charge in [-0.05, 0) is 13.8 Å². The number of carbonyl (C=O) groups excluding carboxylic acids is 2. The number of nitrogens with zero attached hydrogens (tertiary/aromatic N) is 1. The zero-order valence-electron chi connectivity index (χ0n) is 8.91. The molecule has 0 atom stereocenters. The van der Waals surface area contributed by atoms with Crippen LogP contribution in [-0.2, 0) is 19.1 Å². The number of hydrogen-bond donors (Lipinski definition) is 0. The van der Waals surface area contributed by atoms with E-state index in [0.717, 1.165) is 0 Å². The molecule has 82 valence electrons. The Bertz CT molecular complexity index is 193. The highest BCUT2D eigenvalue weighted by atomic mass is 16.5. The van der Waals surface area contributed by atoms with Gasteiger partial charge in [0.05, 0.1) is 13.7 Å². The van der Waals surface area contributed by atoms with Crippen molar-refractivity contribution < 1.29 is 19.1 Å². The first-order valence-electron chi connectivity index (χ1n) is 4.62. The van der Waals surface area contributed by atoms with Crippen LogP contribution in [0.3, 0.4) is 0 Å². The summed E-state index contributed by atoms with van der Waals surface area (Å²) in [4.78, 5) is 23.6. The third-order valence-electron chi connectivity index (χ3n) is 1.74. The van der Waals surface area contributed by atoms with E-state index in [0.29, 0.717) is 26.3 Å². The van der Waals surface area contributed by atoms with Gasteiger partial charge in [-0.3, -0.25) is 4.79 Å². The Hall–Kier alpha value is -1.10. The molecule has 0 fully saturated rings. The second-order valence-corrected chi connectivity index (χ2v) is 2.57. The smallest absolute Gasteiger partial charge is 0.396 e. The van der Waals surface area contributed by atoms with Crippen molar-refractivity contribution in [1.29, 1.82) is 0 Å². The maximum atomic E-state index is 11.3. The van der Waals surface area contributed by atoms with Gasteiger partial charge >= 0.3 is 11.9 Å². The molecule has 0 saturated carbocycles. The average Bonchev–Trinajstić information content (AvgIpc) is 2.22. The molecule has 0 aromatic carbocycles. The first-order valence-corrected chi connectivity index (χ1v) is 4.62. The van der Waals surface area contributed by atoms with Gasteiger partial charge in [0.25, 0.3) is 0 Å². The van der Waals surface area contributed by atoms with Gasteiger partial charge in [-0.2, -0.15) is 0 Å². The van der Waals surface area contributed by atoms with E-state index >= 15 is 0 Å². The molecule has 0 aliphatic heterocycles. The molecule has 0 aliphatic rings. The summed E-state index contributed by atoms with van der Waals surface area (Å²) in [6.45, 7) is 5.60. The van der Waals surface area contributed by atoms with E-state index in [1.807, 2.05) is 6.92 Å². The predicted octanol–water partition coefficient (Wildman–Crippen LogP) is 0.0444. The van der Waals surface area contributed by atoms with Crippen LogP contribution in [0.1, 0.15) is 13.8 Å². The summed E-state index contributed by atoms with van der Waals surface area (Å²) < 4.78 is 9.41. The van der Waals surface area contributed by atoms with Crippen LogP contribution < -0.4 is 0 Å². The molecule has 0 rings (SSSR count). The molecule has 14 heavy (non-hydrogen) atoms. The zero-order chi connectivity index (χ0) is 11.0. The lowest BCUT2D eigenvalue weighted by Gasteiger charge is -2.18. The zero-order valence-corrected chi connectivity index (χ0v) is 8.91. The number of ether oxygens (including phenoxy) is 2. The molecule has 0 heterocycles. The molecular weight excluding hydrogens is 186 g/mol.